The van der Waals surface area contributed by atoms with E-state index in [1.165, 1.54) is 15.9 Å². The summed E-state index contributed by atoms with van der Waals surface area (Å²) in [6.45, 7) is 0. The van der Waals surface area contributed by atoms with Crippen LogP contribution in [0.3, 0.4) is 0 Å². The molecule has 0 fully saturated rings. The molecule has 0 aliphatic rings. The van der Waals surface area contributed by atoms with Crippen molar-refractivity contribution >= 4 is 40.9 Å². The molecule has 2 N–H and O–H groups in total. The molecule has 182 valence electrons. The molecule has 0 unspecified atom stereocenters. The molecule has 0 heterocycles. The highest BCUT2D eigenvalue weighted by molar-refractivity contribution is 7.99. The quantitative estimate of drug-likeness (QED) is 0.172. The number of halogens is 1. The molecule has 0 radical (unpaired) electrons. The zero-order chi connectivity index (χ0) is 25.5. The van der Waals surface area contributed by atoms with Gasteiger partial charge in [-0.3, -0.25) is 0 Å². The fourth-order valence-electron chi connectivity index (χ4n) is 4.63. The molecule has 0 saturated heterocycles. The SMILES string of the molecule is O[C@@H](N/C(=C/c1ccc(Cl)cc1)[P+](c1ccccc1)(c1ccccc1)c1ccccc1)c1ccccc1. The predicted molar refractivity (Wildman–Crippen MR) is 159 cm³/mol. The van der Waals surface area contributed by atoms with Crippen LogP contribution < -0.4 is 21.2 Å². The number of hydrogen-bond donors (Lipinski definition) is 2. The Morgan fingerprint density at radius 2 is 1.00 bits per heavy atom. The number of hydrogen-bond acceptors (Lipinski definition) is 2. The summed E-state index contributed by atoms with van der Waals surface area (Å²) in [5, 5.41) is 19.3. The highest BCUT2D eigenvalue weighted by atomic mass is 35.5. The summed E-state index contributed by atoms with van der Waals surface area (Å²) < 4.78 is 0. The van der Waals surface area contributed by atoms with Crippen molar-refractivity contribution in [2.75, 3.05) is 0 Å². The molecule has 5 aromatic carbocycles. The third-order valence-electron chi connectivity index (χ3n) is 6.37. The van der Waals surface area contributed by atoms with E-state index in [0.717, 1.165) is 16.6 Å². The number of benzene rings is 5. The molecule has 0 amide bonds. The van der Waals surface area contributed by atoms with E-state index in [9.17, 15) is 5.11 Å². The van der Waals surface area contributed by atoms with Gasteiger partial charge in [0.25, 0.3) is 0 Å². The zero-order valence-corrected chi connectivity index (χ0v) is 21.9. The van der Waals surface area contributed by atoms with E-state index < -0.39 is 13.5 Å². The summed E-state index contributed by atoms with van der Waals surface area (Å²) in [5.41, 5.74) is 2.76. The third-order valence-corrected chi connectivity index (χ3v) is 10.8. The van der Waals surface area contributed by atoms with Gasteiger partial charge in [0.2, 0.25) is 0 Å². The fraction of sp³-hybridized carbons (Fsp3) is 0.0303. The van der Waals surface area contributed by atoms with Crippen LogP contribution in [0.4, 0.5) is 0 Å². The van der Waals surface area contributed by atoms with E-state index in [1.54, 1.807) is 0 Å². The minimum absolute atomic E-state index is 0.686. The maximum absolute atomic E-state index is 11.5. The highest BCUT2D eigenvalue weighted by Crippen LogP contribution is 2.62. The molecule has 4 heteroatoms. The monoisotopic (exact) mass is 520 g/mol. The van der Waals surface area contributed by atoms with Gasteiger partial charge in [0.1, 0.15) is 15.9 Å². The second kappa shape index (κ2) is 11.6. The lowest BCUT2D eigenvalue weighted by atomic mass is 10.2. The summed E-state index contributed by atoms with van der Waals surface area (Å²) in [5.74, 6) is 0. The Kier molecular flexibility index (Phi) is 7.82. The molecule has 1 atom stereocenters. The summed E-state index contributed by atoms with van der Waals surface area (Å²) in [7, 11) is -2.46. The second-order valence-electron chi connectivity index (χ2n) is 8.72. The third kappa shape index (κ3) is 5.38. The van der Waals surface area contributed by atoms with E-state index in [1.807, 2.05) is 72.8 Å². The van der Waals surface area contributed by atoms with Crippen molar-refractivity contribution in [2.45, 2.75) is 6.23 Å². The standard InChI is InChI=1S/C33H28ClNOP/c34-28-23-21-26(22-24-28)25-32(35-33(36)27-13-5-1-6-14-27)37(29-15-7-2-8-16-29,30-17-9-3-10-18-30)31-19-11-4-12-20-31/h1-25,33,35-36H/q+1/b32-25-/t33-/m1/s1. The van der Waals surface area contributed by atoms with Crippen LogP contribution in [0.25, 0.3) is 6.08 Å². The van der Waals surface area contributed by atoms with Gasteiger partial charge >= 0.3 is 0 Å². The normalized spacial score (nSPS) is 12.6. The van der Waals surface area contributed by atoms with E-state index in [0.29, 0.717) is 5.02 Å². The van der Waals surface area contributed by atoms with Crippen molar-refractivity contribution in [1.82, 2.24) is 5.32 Å². The number of rotatable bonds is 8. The molecule has 0 spiro atoms. The second-order valence-corrected chi connectivity index (χ2v) is 12.5. The Labute approximate surface area is 224 Å². The zero-order valence-electron chi connectivity index (χ0n) is 20.3. The summed E-state index contributed by atoms with van der Waals surface area (Å²) in [4.78, 5) is 0. The van der Waals surface area contributed by atoms with Gasteiger partial charge in [0, 0.05) is 16.7 Å². The van der Waals surface area contributed by atoms with Crippen molar-refractivity contribution < 1.29 is 5.11 Å². The first-order chi connectivity index (χ1) is 18.2. The molecular weight excluding hydrogens is 493 g/mol. The molecule has 0 saturated carbocycles. The maximum Gasteiger partial charge on any atom is 0.175 e. The Morgan fingerprint density at radius 1 is 0.595 bits per heavy atom. The van der Waals surface area contributed by atoms with Crippen LogP contribution in [0.2, 0.25) is 5.02 Å². The smallest absolute Gasteiger partial charge is 0.175 e. The number of aliphatic hydroxyl groups is 1. The van der Waals surface area contributed by atoms with Gasteiger partial charge in [-0.15, -0.1) is 0 Å². The predicted octanol–water partition coefficient (Wildman–Crippen LogP) is 6.91. The molecule has 0 aromatic heterocycles. The van der Waals surface area contributed by atoms with Crippen molar-refractivity contribution in [2.24, 2.45) is 0 Å². The average molecular weight is 521 g/mol. The first kappa shape index (κ1) is 25.0. The summed E-state index contributed by atoms with van der Waals surface area (Å²) >= 11 is 6.22. The maximum atomic E-state index is 11.5. The van der Waals surface area contributed by atoms with Gasteiger partial charge in [0.15, 0.2) is 18.9 Å². The summed E-state index contributed by atoms with van der Waals surface area (Å²) in [6.07, 6.45) is 1.26. The highest BCUT2D eigenvalue weighted by Gasteiger charge is 2.50. The van der Waals surface area contributed by atoms with Crippen LogP contribution >= 0.6 is 18.9 Å². The lowest BCUT2D eigenvalue weighted by Gasteiger charge is -2.31. The van der Waals surface area contributed by atoms with E-state index >= 15 is 0 Å². The van der Waals surface area contributed by atoms with Crippen LogP contribution in [-0.2, 0) is 0 Å². The number of aliphatic hydroxyl groups excluding tert-OH is 1. The Morgan fingerprint density at radius 3 is 1.43 bits per heavy atom. The molecule has 37 heavy (non-hydrogen) atoms. The van der Waals surface area contributed by atoms with Crippen molar-refractivity contribution in [3.63, 3.8) is 0 Å². The Balaban J connectivity index is 1.82. The van der Waals surface area contributed by atoms with Crippen LogP contribution in [0.15, 0.2) is 151 Å². The summed E-state index contributed by atoms with van der Waals surface area (Å²) in [6, 6.07) is 49.3. The van der Waals surface area contributed by atoms with Crippen LogP contribution in [-0.4, -0.2) is 5.11 Å². The minimum atomic E-state index is -2.46. The Hall–Kier alpha value is -3.68. The Bertz CT molecular complexity index is 1340. The van der Waals surface area contributed by atoms with Crippen molar-refractivity contribution in [1.29, 1.82) is 0 Å². The van der Waals surface area contributed by atoms with Crippen LogP contribution in [0.5, 0.6) is 0 Å². The van der Waals surface area contributed by atoms with Gasteiger partial charge in [-0.1, -0.05) is 109 Å². The van der Waals surface area contributed by atoms with Gasteiger partial charge in [-0.05, 0) is 54.1 Å². The van der Waals surface area contributed by atoms with Crippen LogP contribution in [0, 0.1) is 0 Å². The van der Waals surface area contributed by atoms with Crippen molar-refractivity contribution in [3.8, 4) is 0 Å². The van der Waals surface area contributed by atoms with Gasteiger partial charge in [0.05, 0.1) is 0 Å². The molecule has 5 rings (SSSR count). The molecule has 0 aliphatic heterocycles. The fourth-order valence-corrected chi connectivity index (χ4v) is 9.00. The topological polar surface area (TPSA) is 32.3 Å². The lowest BCUT2D eigenvalue weighted by molar-refractivity contribution is 0.155. The van der Waals surface area contributed by atoms with E-state index in [4.69, 9.17) is 11.6 Å². The first-order valence-electron chi connectivity index (χ1n) is 12.2. The van der Waals surface area contributed by atoms with Gasteiger partial charge in [-0.25, -0.2) is 0 Å². The minimum Gasteiger partial charge on any atom is -0.369 e. The molecular formula is C33H28ClNOP+. The van der Waals surface area contributed by atoms with E-state index in [2.05, 4.69) is 84.2 Å². The largest absolute Gasteiger partial charge is 0.369 e. The van der Waals surface area contributed by atoms with Gasteiger partial charge < -0.3 is 10.4 Å². The molecule has 2 nitrogen and oxygen atoms in total. The molecule has 0 bridgehead atoms. The molecule has 0 aliphatic carbocycles. The average Bonchev–Trinajstić information content (AvgIpc) is 2.97. The molecule has 5 aromatic rings. The lowest BCUT2D eigenvalue weighted by Crippen LogP contribution is -2.37. The van der Waals surface area contributed by atoms with Crippen LogP contribution in [0.1, 0.15) is 17.4 Å². The number of nitrogens with one attached hydrogen (secondary N) is 1. The van der Waals surface area contributed by atoms with Gasteiger partial charge in [-0.2, -0.15) is 0 Å². The van der Waals surface area contributed by atoms with Crippen molar-refractivity contribution in [3.05, 3.63) is 167 Å². The first-order valence-corrected chi connectivity index (χ1v) is 14.4. The van der Waals surface area contributed by atoms with E-state index in [-0.39, 0.29) is 0 Å².